The number of hydrogen-bond acceptors (Lipinski definition) is 4. The predicted octanol–water partition coefficient (Wildman–Crippen LogP) is 1.82. The number of imidazole rings is 1. The van der Waals surface area contributed by atoms with E-state index in [1.165, 1.54) is 0 Å². The smallest absolute Gasteiger partial charge is 0.362 e. The van der Waals surface area contributed by atoms with Gasteiger partial charge in [-0.15, -0.1) is 0 Å². The van der Waals surface area contributed by atoms with Gasteiger partial charge >= 0.3 is 5.63 Å². The summed E-state index contributed by atoms with van der Waals surface area (Å²) in [7, 11) is 1.58. The molecule has 2 heterocycles. The van der Waals surface area contributed by atoms with Gasteiger partial charge in [0.15, 0.2) is 5.52 Å². The van der Waals surface area contributed by atoms with Crippen molar-refractivity contribution in [1.29, 1.82) is 0 Å². The first kappa shape index (κ1) is 10.0. The molecular formula is C12H10N2O3. The first-order valence-electron chi connectivity index (χ1n) is 5.19. The predicted molar refractivity (Wildman–Crippen MR) is 62.8 cm³/mol. The van der Waals surface area contributed by atoms with Crippen LogP contribution in [0.1, 0.15) is 5.82 Å². The van der Waals surface area contributed by atoms with Crippen molar-refractivity contribution in [3.05, 3.63) is 40.5 Å². The van der Waals surface area contributed by atoms with Crippen LogP contribution in [0.15, 0.2) is 33.5 Å². The Labute approximate surface area is 96.0 Å². The third-order valence-corrected chi connectivity index (χ3v) is 2.58. The van der Waals surface area contributed by atoms with Gasteiger partial charge in [0.05, 0.1) is 0 Å². The van der Waals surface area contributed by atoms with Gasteiger partial charge in [-0.05, 0) is 12.1 Å². The molecule has 17 heavy (non-hydrogen) atoms. The number of aromatic nitrogens is 2. The molecule has 86 valence electrons. The van der Waals surface area contributed by atoms with Crippen LogP contribution in [0.25, 0.3) is 22.0 Å². The monoisotopic (exact) mass is 230 g/mol. The fourth-order valence-corrected chi connectivity index (χ4v) is 1.87. The summed E-state index contributed by atoms with van der Waals surface area (Å²) in [4.78, 5) is 19.0. The maximum atomic E-state index is 11.7. The summed E-state index contributed by atoms with van der Waals surface area (Å²) in [6.45, 7) is 0.336. The van der Waals surface area contributed by atoms with E-state index in [1.54, 1.807) is 13.2 Å². The number of fused-ring (bicyclic) bond motifs is 3. The number of aromatic amines is 1. The van der Waals surface area contributed by atoms with E-state index in [4.69, 9.17) is 9.15 Å². The van der Waals surface area contributed by atoms with Gasteiger partial charge in [-0.1, -0.05) is 12.1 Å². The van der Waals surface area contributed by atoms with Crippen molar-refractivity contribution in [3.8, 4) is 0 Å². The average Bonchev–Trinajstić information content (AvgIpc) is 2.74. The topological polar surface area (TPSA) is 68.1 Å². The number of methoxy groups -OCH3 is 1. The number of ether oxygens (including phenoxy) is 1. The standard InChI is InChI=1S/C12H10N2O3/c1-16-6-9-13-10-7-4-2-3-5-8(7)17-12(15)11(10)14-9/h2-5H,6H2,1H3,(H,13,14). The number of rotatable bonds is 2. The van der Waals surface area contributed by atoms with E-state index in [0.29, 0.717) is 29.0 Å². The molecule has 0 unspecified atom stereocenters. The number of para-hydroxylation sites is 1. The maximum absolute atomic E-state index is 11.7. The molecule has 0 aliphatic rings. The molecule has 5 heteroatoms. The maximum Gasteiger partial charge on any atom is 0.362 e. The van der Waals surface area contributed by atoms with Gasteiger partial charge in [0.25, 0.3) is 0 Å². The summed E-state index contributed by atoms with van der Waals surface area (Å²) in [5.74, 6) is 0.617. The lowest BCUT2D eigenvalue weighted by Crippen LogP contribution is -1.99. The average molecular weight is 230 g/mol. The summed E-state index contributed by atoms with van der Waals surface area (Å²) in [5.41, 5.74) is 1.15. The quantitative estimate of drug-likeness (QED) is 0.682. The van der Waals surface area contributed by atoms with Crippen LogP contribution in [0.4, 0.5) is 0 Å². The Kier molecular flexibility index (Phi) is 2.19. The van der Waals surface area contributed by atoms with Gasteiger partial charge in [-0.3, -0.25) is 0 Å². The largest absolute Gasteiger partial charge is 0.421 e. The zero-order valence-corrected chi connectivity index (χ0v) is 9.19. The van der Waals surface area contributed by atoms with E-state index in [0.717, 1.165) is 5.39 Å². The van der Waals surface area contributed by atoms with Crippen LogP contribution in [-0.4, -0.2) is 17.1 Å². The van der Waals surface area contributed by atoms with Crippen molar-refractivity contribution >= 4 is 22.0 Å². The summed E-state index contributed by atoms with van der Waals surface area (Å²) < 4.78 is 10.2. The van der Waals surface area contributed by atoms with Crippen LogP contribution in [0.5, 0.6) is 0 Å². The number of nitrogens with zero attached hydrogens (tertiary/aromatic N) is 1. The van der Waals surface area contributed by atoms with Crippen LogP contribution >= 0.6 is 0 Å². The highest BCUT2D eigenvalue weighted by atomic mass is 16.5. The van der Waals surface area contributed by atoms with E-state index in [9.17, 15) is 4.79 Å². The molecule has 0 aliphatic heterocycles. The first-order valence-corrected chi connectivity index (χ1v) is 5.19. The SMILES string of the molecule is COCc1nc2c([nH]1)c(=O)oc1ccccc12. The van der Waals surface area contributed by atoms with Crippen LogP contribution in [-0.2, 0) is 11.3 Å². The second-order valence-corrected chi connectivity index (χ2v) is 3.73. The van der Waals surface area contributed by atoms with Crippen LogP contribution in [0.3, 0.4) is 0 Å². The van der Waals surface area contributed by atoms with Crippen LogP contribution in [0.2, 0.25) is 0 Å². The summed E-state index contributed by atoms with van der Waals surface area (Å²) in [6, 6.07) is 7.32. The number of benzene rings is 1. The lowest BCUT2D eigenvalue weighted by molar-refractivity contribution is 0.179. The second-order valence-electron chi connectivity index (χ2n) is 3.73. The summed E-state index contributed by atoms with van der Waals surface area (Å²) in [5, 5.41) is 0.820. The van der Waals surface area contributed by atoms with E-state index in [2.05, 4.69) is 9.97 Å². The van der Waals surface area contributed by atoms with Crippen LogP contribution in [0, 0.1) is 0 Å². The molecule has 1 aromatic carbocycles. The Balaban J connectivity index is 2.43. The Hall–Kier alpha value is -2.14. The third-order valence-electron chi connectivity index (χ3n) is 2.58. The van der Waals surface area contributed by atoms with Gasteiger partial charge in [0.1, 0.15) is 23.5 Å². The molecule has 0 radical (unpaired) electrons. The third kappa shape index (κ3) is 1.52. The highest BCUT2D eigenvalue weighted by molar-refractivity contribution is 6.00. The number of H-pyrrole nitrogens is 1. The lowest BCUT2D eigenvalue weighted by Gasteiger charge is -1.95. The molecule has 0 amide bonds. The minimum atomic E-state index is -0.409. The Morgan fingerprint density at radius 1 is 1.41 bits per heavy atom. The molecule has 3 rings (SSSR count). The first-order chi connectivity index (χ1) is 8.29. The Morgan fingerprint density at radius 2 is 2.24 bits per heavy atom. The Bertz CT molecular complexity index is 742. The van der Waals surface area contributed by atoms with Crippen molar-refractivity contribution < 1.29 is 9.15 Å². The van der Waals surface area contributed by atoms with E-state index < -0.39 is 5.63 Å². The summed E-state index contributed by atoms with van der Waals surface area (Å²) >= 11 is 0. The van der Waals surface area contributed by atoms with Crippen molar-refractivity contribution in [2.24, 2.45) is 0 Å². The van der Waals surface area contributed by atoms with Gasteiger partial charge in [0, 0.05) is 12.5 Å². The molecule has 0 saturated heterocycles. The molecule has 3 aromatic rings. The normalized spacial score (nSPS) is 11.4. The highest BCUT2D eigenvalue weighted by Gasteiger charge is 2.11. The zero-order chi connectivity index (χ0) is 11.8. The van der Waals surface area contributed by atoms with E-state index >= 15 is 0 Å². The van der Waals surface area contributed by atoms with E-state index in [-0.39, 0.29) is 0 Å². The van der Waals surface area contributed by atoms with E-state index in [1.807, 2.05) is 18.2 Å². The molecule has 0 aliphatic carbocycles. The van der Waals surface area contributed by atoms with Crippen LogP contribution < -0.4 is 5.63 Å². The minimum Gasteiger partial charge on any atom is -0.421 e. The van der Waals surface area contributed by atoms with Gasteiger partial charge in [0.2, 0.25) is 0 Å². The van der Waals surface area contributed by atoms with Crippen molar-refractivity contribution in [2.75, 3.05) is 7.11 Å². The highest BCUT2D eigenvalue weighted by Crippen LogP contribution is 2.20. The fraction of sp³-hybridized carbons (Fsp3) is 0.167. The molecule has 1 N–H and O–H groups in total. The zero-order valence-electron chi connectivity index (χ0n) is 9.19. The minimum absolute atomic E-state index is 0.336. The van der Waals surface area contributed by atoms with Gasteiger partial charge in [-0.25, -0.2) is 9.78 Å². The van der Waals surface area contributed by atoms with Crippen molar-refractivity contribution in [2.45, 2.75) is 6.61 Å². The molecule has 0 fully saturated rings. The lowest BCUT2D eigenvalue weighted by atomic mass is 10.2. The van der Waals surface area contributed by atoms with Gasteiger partial charge < -0.3 is 14.1 Å². The summed E-state index contributed by atoms with van der Waals surface area (Å²) in [6.07, 6.45) is 0. The molecule has 0 saturated carbocycles. The molecule has 0 spiro atoms. The number of hydrogen-bond donors (Lipinski definition) is 1. The Morgan fingerprint density at radius 3 is 3.06 bits per heavy atom. The number of nitrogens with one attached hydrogen (secondary N) is 1. The second kappa shape index (κ2) is 3.71. The van der Waals surface area contributed by atoms with Gasteiger partial charge in [-0.2, -0.15) is 0 Å². The van der Waals surface area contributed by atoms with Crippen molar-refractivity contribution in [3.63, 3.8) is 0 Å². The van der Waals surface area contributed by atoms with Crippen molar-refractivity contribution in [1.82, 2.24) is 9.97 Å². The molecule has 0 atom stereocenters. The molecule has 0 bridgehead atoms. The fourth-order valence-electron chi connectivity index (χ4n) is 1.87. The molecule has 2 aromatic heterocycles. The molecular weight excluding hydrogens is 220 g/mol. The molecule has 5 nitrogen and oxygen atoms in total.